The zero-order chi connectivity index (χ0) is 19.3. The molecule has 0 unspecified atom stereocenters. The first kappa shape index (κ1) is 20.7. The maximum Gasteiger partial charge on any atom is 0.260 e. The molecule has 6 nitrogen and oxygen atoms in total. The second-order valence-electron chi connectivity index (χ2n) is 7.46. The fraction of sp³-hybridized carbons (Fsp3) is 0.632. The molecule has 1 N–H and O–H groups in total. The minimum Gasteiger partial charge on any atom is -0.481 e. The van der Waals surface area contributed by atoms with Crippen molar-refractivity contribution in [3.8, 4) is 5.75 Å². The molecule has 0 spiro atoms. The minimum atomic E-state index is -3.47. The van der Waals surface area contributed by atoms with Crippen molar-refractivity contribution >= 4 is 15.9 Å². The van der Waals surface area contributed by atoms with Crippen LogP contribution in [0.1, 0.15) is 40.5 Å². The van der Waals surface area contributed by atoms with Gasteiger partial charge in [-0.05, 0) is 55.9 Å². The zero-order valence-corrected chi connectivity index (χ0v) is 16.9. The van der Waals surface area contributed by atoms with Gasteiger partial charge in [-0.15, -0.1) is 0 Å². The van der Waals surface area contributed by atoms with E-state index < -0.39 is 16.1 Å². The van der Waals surface area contributed by atoms with Crippen molar-refractivity contribution in [2.45, 2.75) is 51.5 Å². The Morgan fingerprint density at radius 3 is 2.31 bits per heavy atom. The Hall–Kier alpha value is -1.60. The Morgan fingerprint density at radius 2 is 1.77 bits per heavy atom. The van der Waals surface area contributed by atoms with Crippen LogP contribution in [-0.4, -0.2) is 44.4 Å². The molecule has 1 aromatic rings. The number of benzene rings is 1. The monoisotopic (exact) mass is 382 g/mol. The Morgan fingerprint density at radius 1 is 1.19 bits per heavy atom. The quantitative estimate of drug-likeness (QED) is 0.787. The highest BCUT2D eigenvalue weighted by Gasteiger charge is 2.28. The van der Waals surface area contributed by atoms with Gasteiger partial charge in [0.05, 0.1) is 4.90 Å². The highest BCUT2D eigenvalue weighted by atomic mass is 32.2. The van der Waals surface area contributed by atoms with Crippen molar-refractivity contribution in [1.82, 2.24) is 9.62 Å². The molecule has 1 aliphatic heterocycles. The molecule has 1 aromatic carbocycles. The summed E-state index contributed by atoms with van der Waals surface area (Å²) in [6, 6.07) is 6.29. The van der Waals surface area contributed by atoms with Crippen molar-refractivity contribution in [3.63, 3.8) is 0 Å². The fourth-order valence-electron chi connectivity index (χ4n) is 2.77. The van der Waals surface area contributed by atoms with Crippen LogP contribution in [0.4, 0.5) is 0 Å². The number of hydrogen-bond acceptors (Lipinski definition) is 4. The number of piperidine rings is 1. The number of rotatable bonds is 7. The zero-order valence-electron chi connectivity index (χ0n) is 16.1. The summed E-state index contributed by atoms with van der Waals surface area (Å²) < 4.78 is 32.6. The van der Waals surface area contributed by atoms with Gasteiger partial charge >= 0.3 is 0 Å². The van der Waals surface area contributed by atoms with Crippen LogP contribution >= 0.6 is 0 Å². The molecule has 1 saturated heterocycles. The first-order valence-corrected chi connectivity index (χ1v) is 10.7. The molecule has 0 saturated carbocycles. The van der Waals surface area contributed by atoms with E-state index in [4.69, 9.17) is 4.74 Å². The Bertz CT molecular complexity index is 693. The molecule has 0 bridgehead atoms. The number of hydrogen-bond donors (Lipinski definition) is 1. The van der Waals surface area contributed by atoms with E-state index in [1.165, 1.54) is 0 Å². The molecule has 0 aromatic heterocycles. The lowest BCUT2D eigenvalue weighted by Gasteiger charge is -2.29. The largest absolute Gasteiger partial charge is 0.481 e. The van der Waals surface area contributed by atoms with Gasteiger partial charge < -0.3 is 10.1 Å². The normalized spacial score (nSPS) is 17.9. The summed E-state index contributed by atoms with van der Waals surface area (Å²) in [6.07, 6.45) is 1.15. The maximum atomic E-state index is 12.7. The van der Waals surface area contributed by atoms with Crippen LogP contribution in [0.15, 0.2) is 29.2 Å². The summed E-state index contributed by atoms with van der Waals surface area (Å²) in [5, 5.41) is 2.82. The molecule has 1 aliphatic rings. The van der Waals surface area contributed by atoms with Crippen LogP contribution < -0.4 is 10.1 Å². The van der Waals surface area contributed by atoms with Gasteiger partial charge in [-0.1, -0.05) is 20.8 Å². The predicted octanol–water partition coefficient (Wildman–Crippen LogP) is 2.65. The van der Waals surface area contributed by atoms with Gasteiger partial charge in [0.1, 0.15) is 5.75 Å². The SMILES string of the molecule is CC(C)CNC(=O)[C@@H](C)Oc1ccc(S(=O)(=O)N2CCC(C)CC2)cc1. The number of nitrogens with zero attached hydrogens (tertiary/aromatic N) is 1. The summed E-state index contributed by atoms with van der Waals surface area (Å²) >= 11 is 0. The average Bonchev–Trinajstić information content (AvgIpc) is 2.60. The number of sulfonamides is 1. The van der Waals surface area contributed by atoms with Gasteiger partial charge in [0.15, 0.2) is 6.10 Å². The van der Waals surface area contributed by atoms with Gasteiger partial charge in [-0.2, -0.15) is 4.31 Å². The third-order valence-electron chi connectivity index (χ3n) is 4.57. The van der Waals surface area contributed by atoms with Crippen LogP contribution in [-0.2, 0) is 14.8 Å². The van der Waals surface area contributed by atoms with Crippen molar-refractivity contribution < 1.29 is 17.9 Å². The van der Waals surface area contributed by atoms with Gasteiger partial charge in [0, 0.05) is 19.6 Å². The summed E-state index contributed by atoms with van der Waals surface area (Å²) in [5.41, 5.74) is 0. The highest BCUT2D eigenvalue weighted by Crippen LogP contribution is 2.25. The first-order chi connectivity index (χ1) is 12.2. The molecule has 7 heteroatoms. The van der Waals surface area contributed by atoms with E-state index in [2.05, 4.69) is 12.2 Å². The number of ether oxygens (including phenoxy) is 1. The Kier molecular flexibility index (Phi) is 7.06. The smallest absolute Gasteiger partial charge is 0.260 e. The topological polar surface area (TPSA) is 75.7 Å². The molecule has 2 rings (SSSR count). The molecule has 1 atom stereocenters. The fourth-order valence-corrected chi connectivity index (χ4v) is 4.24. The lowest BCUT2D eigenvalue weighted by Crippen LogP contribution is -2.38. The van der Waals surface area contributed by atoms with Crippen LogP contribution in [0.2, 0.25) is 0 Å². The van der Waals surface area contributed by atoms with Gasteiger partial charge in [-0.3, -0.25) is 4.79 Å². The van der Waals surface area contributed by atoms with Gasteiger partial charge in [0.25, 0.3) is 5.91 Å². The molecular formula is C19H30N2O4S. The van der Waals surface area contributed by atoms with Crippen LogP contribution in [0.3, 0.4) is 0 Å². The lowest BCUT2D eigenvalue weighted by molar-refractivity contribution is -0.127. The average molecular weight is 383 g/mol. The Balaban J connectivity index is 1.98. The molecule has 26 heavy (non-hydrogen) atoms. The Labute approximate surface area is 157 Å². The summed E-state index contributed by atoms with van der Waals surface area (Å²) in [5.74, 6) is 1.23. The van der Waals surface area contributed by atoms with Crippen molar-refractivity contribution in [2.24, 2.45) is 11.8 Å². The minimum absolute atomic E-state index is 0.183. The molecule has 0 aliphatic carbocycles. The molecule has 1 amide bonds. The van der Waals surface area contributed by atoms with Gasteiger partial charge in [-0.25, -0.2) is 8.42 Å². The summed E-state index contributed by atoms with van der Waals surface area (Å²) in [4.78, 5) is 12.2. The third kappa shape index (κ3) is 5.45. The van der Waals surface area contributed by atoms with Crippen LogP contribution in [0, 0.1) is 11.8 Å². The van der Waals surface area contributed by atoms with E-state index in [0.29, 0.717) is 37.2 Å². The molecule has 1 fully saturated rings. The highest BCUT2D eigenvalue weighted by molar-refractivity contribution is 7.89. The second kappa shape index (κ2) is 8.86. The standard InChI is InChI=1S/C19H30N2O4S/c1-14(2)13-20-19(22)16(4)25-17-5-7-18(8-6-17)26(23,24)21-11-9-15(3)10-12-21/h5-8,14-16H,9-13H2,1-4H3,(H,20,22)/t16-/m1/s1. The third-order valence-corrected chi connectivity index (χ3v) is 6.48. The van der Waals surface area contributed by atoms with E-state index in [0.717, 1.165) is 12.8 Å². The number of carbonyl (C=O) groups excluding carboxylic acids is 1. The summed E-state index contributed by atoms with van der Waals surface area (Å²) in [7, 11) is -3.47. The van der Waals surface area contributed by atoms with Crippen molar-refractivity contribution in [3.05, 3.63) is 24.3 Å². The van der Waals surface area contributed by atoms with E-state index in [1.807, 2.05) is 13.8 Å². The van der Waals surface area contributed by atoms with E-state index in [1.54, 1.807) is 35.5 Å². The molecule has 1 heterocycles. The second-order valence-corrected chi connectivity index (χ2v) is 9.40. The summed E-state index contributed by atoms with van der Waals surface area (Å²) in [6.45, 7) is 9.59. The first-order valence-electron chi connectivity index (χ1n) is 9.24. The number of nitrogens with one attached hydrogen (secondary N) is 1. The maximum absolute atomic E-state index is 12.7. The van der Waals surface area contributed by atoms with Crippen molar-refractivity contribution in [2.75, 3.05) is 19.6 Å². The van der Waals surface area contributed by atoms with Crippen LogP contribution in [0.25, 0.3) is 0 Å². The van der Waals surface area contributed by atoms with Crippen molar-refractivity contribution in [1.29, 1.82) is 0 Å². The van der Waals surface area contributed by atoms with Crippen LogP contribution in [0.5, 0.6) is 5.75 Å². The van der Waals surface area contributed by atoms with E-state index in [-0.39, 0.29) is 10.8 Å². The molecular weight excluding hydrogens is 352 g/mol. The predicted molar refractivity (Wildman–Crippen MR) is 102 cm³/mol. The molecule has 0 radical (unpaired) electrons. The number of amides is 1. The lowest BCUT2D eigenvalue weighted by atomic mass is 10.0. The molecule has 146 valence electrons. The van der Waals surface area contributed by atoms with E-state index >= 15 is 0 Å². The number of carbonyl (C=O) groups is 1. The van der Waals surface area contributed by atoms with Gasteiger partial charge in [0.2, 0.25) is 10.0 Å². The van der Waals surface area contributed by atoms with E-state index in [9.17, 15) is 13.2 Å².